The molecule has 208 valence electrons. The highest BCUT2D eigenvalue weighted by Crippen LogP contribution is 2.26. The molecule has 39 heavy (non-hydrogen) atoms. The standard InChI is InChI=1S/C30H34ClF2N3O3/c1-2-20-4-3-5-21(12-20)18-34-19-29(37)27(15-22-13-24(32)17-25(33)14-22)35-30(38)26-16-23(31)6-7-28(26)36-8-10-39-11-9-36/h3-7,12-14,16-17,27,29,34,37H,2,8-11,15,18-19H2,1H3,(H,35,38). The summed E-state index contributed by atoms with van der Waals surface area (Å²) < 4.78 is 33.3. The van der Waals surface area contributed by atoms with Crippen LogP contribution in [0.3, 0.4) is 0 Å². The first kappa shape index (κ1) is 29.0. The van der Waals surface area contributed by atoms with Gasteiger partial charge in [0, 0.05) is 43.0 Å². The van der Waals surface area contributed by atoms with E-state index in [4.69, 9.17) is 16.3 Å². The number of rotatable bonds is 11. The Balaban J connectivity index is 1.52. The summed E-state index contributed by atoms with van der Waals surface area (Å²) in [5, 5.41) is 17.7. The minimum absolute atomic E-state index is 0.0298. The minimum atomic E-state index is -1.04. The number of nitrogens with zero attached hydrogens (tertiary/aromatic N) is 1. The minimum Gasteiger partial charge on any atom is -0.390 e. The summed E-state index contributed by atoms with van der Waals surface area (Å²) in [7, 11) is 0. The van der Waals surface area contributed by atoms with Crippen molar-refractivity contribution >= 4 is 23.2 Å². The molecule has 0 aliphatic carbocycles. The Hall–Kier alpha value is -3.04. The van der Waals surface area contributed by atoms with Gasteiger partial charge < -0.3 is 25.4 Å². The number of benzene rings is 3. The lowest BCUT2D eigenvalue weighted by molar-refractivity contribution is 0.0829. The van der Waals surface area contributed by atoms with E-state index in [1.54, 1.807) is 18.2 Å². The van der Waals surface area contributed by atoms with Gasteiger partial charge in [0.25, 0.3) is 5.91 Å². The van der Waals surface area contributed by atoms with Gasteiger partial charge >= 0.3 is 0 Å². The fourth-order valence-corrected chi connectivity index (χ4v) is 4.92. The van der Waals surface area contributed by atoms with Crippen molar-refractivity contribution in [2.45, 2.75) is 38.5 Å². The Morgan fingerprint density at radius 2 is 1.74 bits per heavy atom. The number of ether oxygens (including phenoxy) is 1. The molecule has 2 unspecified atom stereocenters. The summed E-state index contributed by atoms with van der Waals surface area (Å²) >= 11 is 6.25. The van der Waals surface area contributed by atoms with Crippen LogP contribution >= 0.6 is 11.6 Å². The normalized spacial score (nSPS) is 15.2. The smallest absolute Gasteiger partial charge is 0.253 e. The number of carbonyl (C=O) groups is 1. The highest BCUT2D eigenvalue weighted by Gasteiger charge is 2.26. The molecule has 3 N–H and O–H groups in total. The Morgan fingerprint density at radius 3 is 2.46 bits per heavy atom. The number of nitrogens with one attached hydrogen (secondary N) is 2. The van der Waals surface area contributed by atoms with Crippen molar-refractivity contribution < 1.29 is 23.4 Å². The molecule has 9 heteroatoms. The summed E-state index contributed by atoms with van der Waals surface area (Å²) in [6, 6.07) is 15.6. The molecule has 4 rings (SSSR count). The zero-order valence-corrected chi connectivity index (χ0v) is 22.7. The lowest BCUT2D eigenvalue weighted by atomic mass is 9.99. The molecule has 6 nitrogen and oxygen atoms in total. The molecule has 1 fully saturated rings. The molecule has 3 aromatic rings. The molecule has 1 saturated heterocycles. The van der Waals surface area contributed by atoms with Crippen LogP contribution in [-0.4, -0.2) is 56.0 Å². The van der Waals surface area contributed by atoms with Crippen molar-refractivity contribution in [3.63, 3.8) is 0 Å². The average molecular weight is 558 g/mol. The summed E-state index contributed by atoms with van der Waals surface area (Å²) in [4.78, 5) is 15.6. The maximum Gasteiger partial charge on any atom is 0.253 e. The highest BCUT2D eigenvalue weighted by molar-refractivity contribution is 6.31. The van der Waals surface area contributed by atoms with Crippen molar-refractivity contribution in [2.75, 3.05) is 37.7 Å². The van der Waals surface area contributed by atoms with Crippen molar-refractivity contribution in [2.24, 2.45) is 0 Å². The van der Waals surface area contributed by atoms with Gasteiger partial charge in [-0.2, -0.15) is 0 Å². The van der Waals surface area contributed by atoms with Gasteiger partial charge in [-0.15, -0.1) is 0 Å². The zero-order chi connectivity index (χ0) is 27.8. The topological polar surface area (TPSA) is 73.8 Å². The predicted octanol–water partition coefficient (Wildman–Crippen LogP) is 4.51. The number of morpholine rings is 1. The van der Waals surface area contributed by atoms with Gasteiger partial charge in [-0.1, -0.05) is 42.8 Å². The first-order chi connectivity index (χ1) is 18.8. The number of carbonyl (C=O) groups excluding carboxylic acids is 1. The fraction of sp³-hybridized carbons (Fsp3) is 0.367. The predicted molar refractivity (Wildman–Crippen MR) is 149 cm³/mol. The number of halogens is 3. The van der Waals surface area contributed by atoms with Crippen LogP contribution in [0, 0.1) is 11.6 Å². The Labute approximate surface area is 232 Å². The van der Waals surface area contributed by atoms with E-state index in [0.717, 1.165) is 18.1 Å². The van der Waals surface area contributed by atoms with Crippen LogP contribution in [-0.2, 0) is 24.1 Å². The molecular weight excluding hydrogens is 524 g/mol. The maximum atomic E-state index is 13.9. The molecule has 1 heterocycles. The third-order valence-corrected chi connectivity index (χ3v) is 7.03. The molecule has 0 bridgehead atoms. The van der Waals surface area contributed by atoms with E-state index < -0.39 is 29.7 Å². The fourth-order valence-electron chi connectivity index (χ4n) is 4.75. The largest absolute Gasteiger partial charge is 0.390 e. The van der Waals surface area contributed by atoms with Crippen LogP contribution in [0.4, 0.5) is 14.5 Å². The van der Waals surface area contributed by atoms with Crippen LogP contribution in [0.5, 0.6) is 0 Å². The summed E-state index contributed by atoms with van der Waals surface area (Å²) in [5.41, 5.74) is 3.68. The van der Waals surface area contributed by atoms with Crippen LogP contribution in [0.2, 0.25) is 5.02 Å². The van der Waals surface area contributed by atoms with Gasteiger partial charge in [0.15, 0.2) is 0 Å². The molecule has 1 aliphatic rings. The molecule has 3 aromatic carbocycles. The second kappa shape index (κ2) is 13.8. The Kier molecular flexibility index (Phi) is 10.3. The SMILES string of the molecule is CCc1cccc(CNCC(O)C(Cc2cc(F)cc(F)c2)NC(=O)c2cc(Cl)ccc2N2CCOCC2)c1. The molecule has 0 radical (unpaired) electrons. The second-order valence-electron chi connectivity index (χ2n) is 9.69. The van der Waals surface area contributed by atoms with E-state index in [-0.39, 0.29) is 13.0 Å². The number of hydrogen-bond acceptors (Lipinski definition) is 5. The van der Waals surface area contributed by atoms with Crippen molar-refractivity contribution in [1.29, 1.82) is 0 Å². The summed E-state index contributed by atoms with van der Waals surface area (Å²) in [6.45, 7) is 5.11. The Morgan fingerprint density at radius 1 is 1.03 bits per heavy atom. The average Bonchev–Trinajstić information content (AvgIpc) is 2.92. The van der Waals surface area contributed by atoms with Gasteiger partial charge in [0.2, 0.25) is 0 Å². The molecule has 0 aromatic heterocycles. The van der Waals surface area contributed by atoms with Crippen molar-refractivity contribution in [1.82, 2.24) is 10.6 Å². The number of hydrogen-bond donors (Lipinski definition) is 3. The van der Waals surface area contributed by atoms with Gasteiger partial charge in [0.05, 0.1) is 30.9 Å². The monoisotopic (exact) mass is 557 g/mol. The van der Waals surface area contributed by atoms with E-state index in [1.807, 2.05) is 17.0 Å². The number of amides is 1. The van der Waals surface area contributed by atoms with E-state index in [2.05, 4.69) is 29.7 Å². The lowest BCUT2D eigenvalue weighted by Crippen LogP contribution is -2.49. The van der Waals surface area contributed by atoms with Crippen LogP contribution < -0.4 is 15.5 Å². The van der Waals surface area contributed by atoms with Gasteiger partial charge in [-0.3, -0.25) is 4.79 Å². The van der Waals surface area contributed by atoms with Crippen LogP contribution in [0.15, 0.2) is 60.7 Å². The Bertz CT molecular complexity index is 1250. The number of aliphatic hydroxyl groups is 1. The van der Waals surface area contributed by atoms with Crippen molar-refractivity contribution in [3.8, 4) is 0 Å². The van der Waals surface area contributed by atoms with Gasteiger partial charge in [-0.25, -0.2) is 8.78 Å². The first-order valence-corrected chi connectivity index (χ1v) is 13.5. The van der Waals surface area contributed by atoms with E-state index in [0.29, 0.717) is 54.7 Å². The third-order valence-electron chi connectivity index (χ3n) is 6.80. The number of aryl methyl sites for hydroxylation is 1. The van der Waals surface area contributed by atoms with Crippen LogP contribution in [0.25, 0.3) is 0 Å². The lowest BCUT2D eigenvalue weighted by Gasteiger charge is -2.31. The van der Waals surface area contributed by atoms with Crippen molar-refractivity contribution in [3.05, 3.63) is 99.6 Å². The quantitative estimate of drug-likeness (QED) is 0.324. The van der Waals surface area contributed by atoms with Gasteiger partial charge in [0.1, 0.15) is 11.6 Å². The molecule has 1 amide bonds. The van der Waals surface area contributed by atoms with Gasteiger partial charge in [-0.05, 0) is 59.9 Å². The number of aliphatic hydroxyl groups excluding tert-OH is 1. The first-order valence-electron chi connectivity index (χ1n) is 13.2. The summed E-state index contributed by atoms with van der Waals surface area (Å²) in [5.74, 6) is -1.87. The molecular formula is C30H34ClF2N3O3. The zero-order valence-electron chi connectivity index (χ0n) is 21.9. The maximum absolute atomic E-state index is 13.9. The van der Waals surface area contributed by atoms with Crippen LogP contribution in [0.1, 0.15) is 34.0 Å². The molecule has 1 aliphatic heterocycles. The van der Waals surface area contributed by atoms with E-state index in [1.165, 1.54) is 17.7 Å². The summed E-state index contributed by atoms with van der Waals surface area (Å²) in [6.07, 6.45) is -0.0899. The highest BCUT2D eigenvalue weighted by atomic mass is 35.5. The second-order valence-corrected chi connectivity index (χ2v) is 10.1. The molecule has 2 atom stereocenters. The number of anilines is 1. The van der Waals surface area contributed by atoms with E-state index >= 15 is 0 Å². The molecule has 0 saturated carbocycles. The third kappa shape index (κ3) is 8.22. The molecule has 0 spiro atoms. The van der Waals surface area contributed by atoms with E-state index in [9.17, 15) is 18.7 Å².